The lowest BCUT2D eigenvalue weighted by molar-refractivity contribution is -0.120. The third-order valence-electron chi connectivity index (χ3n) is 5.22. The predicted molar refractivity (Wildman–Crippen MR) is 111 cm³/mol. The fraction of sp³-hybridized carbons (Fsp3) is 0.391. The second kappa shape index (κ2) is 10.0. The number of primary amides is 1. The highest BCUT2D eigenvalue weighted by Gasteiger charge is 2.20. The smallest absolute Gasteiger partial charge is 0.343 e. The van der Waals surface area contributed by atoms with E-state index in [0.717, 1.165) is 0 Å². The van der Waals surface area contributed by atoms with Gasteiger partial charge in [-0.3, -0.25) is 4.79 Å². The van der Waals surface area contributed by atoms with Gasteiger partial charge in [0.1, 0.15) is 5.75 Å². The summed E-state index contributed by atoms with van der Waals surface area (Å²) in [6.07, 6.45) is 6.27. The van der Waals surface area contributed by atoms with E-state index in [1.165, 1.54) is 64.0 Å². The van der Waals surface area contributed by atoms with E-state index in [2.05, 4.69) is 0 Å². The van der Waals surface area contributed by atoms with Crippen LogP contribution in [0.1, 0.15) is 53.9 Å². The molecule has 0 heterocycles. The molecule has 30 heavy (non-hydrogen) atoms. The van der Waals surface area contributed by atoms with Crippen molar-refractivity contribution in [2.24, 2.45) is 5.73 Å². The molecule has 2 aromatic rings. The second-order valence-corrected chi connectivity index (χ2v) is 7.26. The van der Waals surface area contributed by atoms with Crippen LogP contribution in [0.15, 0.2) is 36.4 Å². The molecule has 0 saturated heterocycles. The van der Waals surface area contributed by atoms with Crippen LogP contribution in [0.25, 0.3) is 0 Å². The average molecular weight is 413 g/mol. The summed E-state index contributed by atoms with van der Waals surface area (Å²) < 4.78 is 21.4. The largest absolute Gasteiger partial charge is 0.493 e. The summed E-state index contributed by atoms with van der Waals surface area (Å²) in [5.74, 6) is 0.506. The van der Waals surface area contributed by atoms with E-state index < -0.39 is 11.9 Å². The summed E-state index contributed by atoms with van der Waals surface area (Å²) in [5.41, 5.74) is 6.64. The third-order valence-corrected chi connectivity index (χ3v) is 5.22. The molecule has 7 nitrogen and oxygen atoms in total. The lowest BCUT2D eigenvalue weighted by Crippen LogP contribution is -2.20. The summed E-state index contributed by atoms with van der Waals surface area (Å²) in [7, 11) is 2.84. The molecule has 1 fully saturated rings. The molecule has 0 aromatic heterocycles. The summed E-state index contributed by atoms with van der Waals surface area (Å²) >= 11 is 0. The van der Waals surface area contributed by atoms with Gasteiger partial charge in [-0.15, -0.1) is 0 Å². The van der Waals surface area contributed by atoms with Crippen LogP contribution in [0.2, 0.25) is 0 Å². The third kappa shape index (κ3) is 5.23. The monoisotopic (exact) mass is 413 g/mol. The van der Waals surface area contributed by atoms with Crippen molar-refractivity contribution in [1.82, 2.24) is 0 Å². The molecule has 0 aliphatic heterocycles. The van der Waals surface area contributed by atoms with Crippen LogP contribution >= 0.6 is 0 Å². The van der Waals surface area contributed by atoms with E-state index in [0.29, 0.717) is 11.7 Å². The second-order valence-electron chi connectivity index (χ2n) is 7.26. The van der Waals surface area contributed by atoms with Crippen molar-refractivity contribution in [2.75, 3.05) is 20.8 Å². The van der Waals surface area contributed by atoms with Gasteiger partial charge >= 0.3 is 5.97 Å². The van der Waals surface area contributed by atoms with Crippen molar-refractivity contribution in [1.29, 1.82) is 0 Å². The van der Waals surface area contributed by atoms with Gasteiger partial charge in [-0.05, 0) is 48.6 Å². The maximum Gasteiger partial charge on any atom is 0.343 e. The zero-order chi connectivity index (χ0) is 21.5. The Bertz CT molecular complexity index is 862. The first kappa shape index (κ1) is 21.5. The Morgan fingerprint density at radius 3 is 2.10 bits per heavy atom. The van der Waals surface area contributed by atoms with Crippen LogP contribution in [0.4, 0.5) is 0 Å². The van der Waals surface area contributed by atoms with E-state index in [1.807, 2.05) is 24.3 Å². The Kier molecular flexibility index (Phi) is 7.17. The average Bonchev–Trinajstić information content (AvgIpc) is 2.78. The number of benzene rings is 2. The van der Waals surface area contributed by atoms with Gasteiger partial charge in [0, 0.05) is 0 Å². The van der Waals surface area contributed by atoms with Gasteiger partial charge in [-0.1, -0.05) is 31.4 Å². The Balaban J connectivity index is 1.75. The fourth-order valence-electron chi connectivity index (χ4n) is 3.69. The number of esters is 1. The van der Waals surface area contributed by atoms with Gasteiger partial charge in [0.05, 0.1) is 19.8 Å². The molecule has 0 spiro atoms. The summed E-state index contributed by atoms with van der Waals surface area (Å²) in [6, 6.07) is 10.6. The summed E-state index contributed by atoms with van der Waals surface area (Å²) in [4.78, 5) is 23.7. The minimum absolute atomic E-state index is 0.187. The first-order valence-corrected chi connectivity index (χ1v) is 10.0. The van der Waals surface area contributed by atoms with Crippen LogP contribution in [0.5, 0.6) is 23.0 Å². The molecule has 3 rings (SSSR count). The molecule has 0 radical (unpaired) electrons. The summed E-state index contributed by atoms with van der Waals surface area (Å²) in [5, 5.41) is 0. The predicted octanol–water partition coefficient (Wildman–Crippen LogP) is 3.83. The van der Waals surface area contributed by atoms with Crippen molar-refractivity contribution in [2.45, 2.75) is 38.0 Å². The summed E-state index contributed by atoms with van der Waals surface area (Å²) in [6.45, 7) is -0.343. The maximum atomic E-state index is 12.7. The Labute approximate surface area is 176 Å². The first-order valence-electron chi connectivity index (χ1n) is 10.0. The van der Waals surface area contributed by atoms with Crippen molar-refractivity contribution >= 4 is 11.9 Å². The molecule has 1 aliphatic carbocycles. The molecule has 2 N–H and O–H groups in total. The number of ether oxygens (including phenoxy) is 4. The zero-order valence-electron chi connectivity index (χ0n) is 17.3. The highest BCUT2D eigenvalue weighted by Crippen LogP contribution is 2.39. The molecule has 1 amide bonds. The number of hydrogen-bond donors (Lipinski definition) is 1. The van der Waals surface area contributed by atoms with Crippen molar-refractivity contribution < 1.29 is 28.5 Å². The van der Waals surface area contributed by atoms with E-state index >= 15 is 0 Å². The maximum absolute atomic E-state index is 12.7. The van der Waals surface area contributed by atoms with E-state index in [4.69, 9.17) is 24.7 Å². The van der Waals surface area contributed by atoms with Crippen LogP contribution in [0, 0.1) is 0 Å². The molecule has 2 aromatic carbocycles. The van der Waals surface area contributed by atoms with Gasteiger partial charge in [0.25, 0.3) is 5.91 Å². The fourth-order valence-corrected chi connectivity index (χ4v) is 3.69. The number of methoxy groups -OCH3 is 2. The minimum Gasteiger partial charge on any atom is -0.493 e. The van der Waals surface area contributed by atoms with Crippen LogP contribution in [-0.2, 0) is 4.79 Å². The first-order chi connectivity index (χ1) is 14.5. The lowest BCUT2D eigenvalue weighted by Gasteiger charge is -2.22. The molecular weight excluding hydrogens is 386 g/mol. The molecular formula is C23H27NO6. The van der Waals surface area contributed by atoms with Crippen LogP contribution in [-0.4, -0.2) is 32.7 Å². The molecule has 0 bridgehead atoms. The molecule has 1 aliphatic rings. The standard InChI is InChI=1S/C23H27NO6/c1-27-19-12-17(13-20(28-2)22(19)29-14-21(24)25)23(26)30-18-10-8-16(9-11-18)15-6-4-3-5-7-15/h8-13,15H,3-7,14H2,1-2H3,(H2,24,25). The topological polar surface area (TPSA) is 97.1 Å². The minimum atomic E-state index is -0.640. The van der Waals surface area contributed by atoms with Gasteiger partial charge in [0.15, 0.2) is 18.1 Å². The van der Waals surface area contributed by atoms with Crippen LogP contribution in [0.3, 0.4) is 0 Å². The number of rotatable bonds is 8. The molecule has 0 unspecified atom stereocenters. The Hall–Kier alpha value is -3.22. The quantitative estimate of drug-likeness (QED) is 0.522. The Morgan fingerprint density at radius 1 is 0.967 bits per heavy atom. The highest BCUT2D eigenvalue weighted by atomic mass is 16.5. The number of carbonyl (C=O) groups excluding carboxylic acids is 2. The number of amides is 1. The van der Waals surface area contributed by atoms with Crippen molar-refractivity contribution in [3.05, 3.63) is 47.5 Å². The zero-order valence-corrected chi connectivity index (χ0v) is 17.3. The van der Waals surface area contributed by atoms with Crippen molar-refractivity contribution in [3.8, 4) is 23.0 Å². The van der Waals surface area contributed by atoms with Crippen LogP contribution < -0.4 is 24.7 Å². The van der Waals surface area contributed by atoms with Gasteiger partial charge in [-0.25, -0.2) is 4.79 Å². The number of carbonyl (C=O) groups is 2. The number of hydrogen-bond acceptors (Lipinski definition) is 6. The van der Waals surface area contributed by atoms with E-state index in [-0.39, 0.29) is 29.4 Å². The highest BCUT2D eigenvalue weighted by molar-refractivity contribution is 5.92. The normalized spacial score (nSPS) is 14.1. The van der Waals surface area contributed by atoms with Gasteiger partial charge < -0.3 is 24.7 Å². The Morgan fingerprint density at radius 2 is 1.57 bits per heavy atom. The molecule has 1 saturated carbocycles. The SMILES string of the molecule is COc1cc(C(=O)Oc2ccc(C3CCCCC3)cc2)cc(OC)c1OCC(N)=O. The lowest BCUT2D eigenvalue weighted by atomic mass is 9.84. The molecule has 160 valence electrons. The number of nitrogens with two attached hydrogens (primary N) is 1. The molecule has 7 heteroatoms. The van der Waals surface area contributed by atoms with Gasteiger partial charge in [0.2, 0.25) is 5.75 Å². The molecule has 0 atom stereocenters. The van der Waals surface area contributed by atoms with E-state index in [1.54, 1.807) is 0 Å². The van der Waals surface area contributed by atoms with Gasteiger partial charge in [-0.2, -0.15) is 0 Å². The van der Waals surface area contributed by atoms with E-state index in [9.17, 15) is 9.59 Å². The van der Waals surface area contributed by atoms with Crippen molar-refractivity contribution in [3.63, 3.8) is 0 Å².